The standard InChI is InChI=1S/C22H30ClN5O2/c1-16-25-26-21(28(16)15-17-7-9-18(23)10-8-17)20-6-4-13-27(20)22(29)24-12-11-19-5-2-3-14-30-19/h7-10,19-20H,2-6,11-15H2,1H3,(H,24,29)/t19?,20-/m1/s1. The van der Waals surface area contributed by atoms with Gasteiger partial charge in [-0.05, 0) is 63.1 Å². The van der Waals surface area contributed by atoms with Crippen molar-refractivity contribution >= 4 is 17.6 Å². The highest BCUT2D eigenvalue weighted by Gasteiger charge is 2.34. The van der Waals surface area contributed by atoms with Gasteiger partial charge in [0.15, 0.2) is 5.82 Å². The summed E-state index contributed by atoms with van der Waals surface area (Å²) in [5.41, 5.74) is 1.13. The highest BCUT2D eigenvalue weighted by Crippen LogP contribution is 2.31. The lowest BCUT2D eigenvalue weighted by Gasteiger charge is -2.26. The molecule has 1 N–H and O–H groups in total. The minimum absolute atomic E-state index is 0.0213. The Labute approximate surface area is 182 Å². The first kappa shape index (κ1) is 21.1. The van der Waals surface area contributed by atoms with Crippen LogP contribution in [0.1, 0.15) is 61.8 Å². The van der Waals surface area contributed by atoms with Crippen LogP contribution in [0.2, 0.25) is 5.02 Å². The van der Waals surface area contributed by atoms with Crippen molar-refractivity contribution in [3.8, 4) is 0 Å². The van der Waals surface area contributed by atoms with E-state index in [2.05, 4.69) is 20.1 Å². The van der Waals surface area contributed by atoms with E-state index >= 15 is 0 Å². The molecule has 3 heterocycles. The SMILES string of the molecule is Cc1nnc([C@H]2CCCN2C(=O)NCCC2CCCCO2)n1Cc1ccc(Cl)cc1. The van der Waals surface area contributed by atoms with Gasteiger partial charge in [-0.2, -0.15) is 0 Å². The van der Waals surface area contributed by atoms with E-state index < -0.39 is 0 Å². The van der Waals surface area contributed by atoms with Gasteiger partial charge < -0.3 is 19.5 Å². The van der Waals surface area contributed by atoms with Crippen LogP contribution in [-0.4, -0.2) is 51.5 Å². The molecule has 1 unspecified atom stereocenters. The number of benzene rings is 1. The molecule has 0 aliphatic carbocycles. The number of hydrogen-bond donors (Lipinski definition) is 1. The minimum Gasteiger partial charge on any atom is -0.378 e. The summed E-state index contributed by atoms with van der Waals surface area (Å²) in [6.45, 7) is 4.84. The van der Waals surface area contributed by atoms with E-state index in [0.29, 0.717) is 13.1 Å². The average molecular weight is 432 g/mol. The number of hydrogen-bond acceptors (Lipinski definition) is 4. The quantitative estimate of drug-likeness (QED) is 0.747. The summed E-state index contributed by atoms with van der Waals surface area (Å²) in [6.07, 6.45) is 6.47. The number of likely N-dealkylation sites (tertiary alicyclic amines) is 1. The fourth-order valence-corrected chi connectivity index (χ4v) is 4.49. The Hall–Kier alpha value is -2.12. The summed E-state index contributed by atoms with van der Waals surface area (Å²) in [5.74, 6) is 1.70. The van der Waals surface area contributed by atoms with Crippen molar-refractivity contribution in [3.63, 3.8) is 0 Å². The van der Waals surface area contributed by atoms with E-state index in [-0.39, 0.29) is 18.2 Å². The highest BCUT2D eigenvalue weighted by atomic mass is 35.5. The maximum Gasteiger partial charge on any atom is 0.318 e. The van der Waals surface area contributed by atoms with Gasteiger partial charge in [0.05, 0.1) is 18.7 Å². The molecule has 0 saturated carbocycles. The molecule has 30 heavy (non-hydrogen) atoms. The molecular formula is C22H30ClN5O2. The van der Waals surface area contributed by atoms with Crippen LogP contribution in [0.15, 0.2) is 24.3 Å². The van der Waals surface area contributed by atoms with E-state index in [1.807, 2.05) is 36.1 Å². The molecule has 162 valence electrons. The van der Waals surface area contributed by atoms with Crippen molar-refractivity contribution in [1.82, 2.24) is 25.0 Å². The van der Waals surface area contributed by atoms with E-state index in [1.165, 1.54) is 6.42 Å². The first-order chi connectivity index (χ1) is 14.6. The van der Waals surface area contributed by atoms with Crippen LogP contribution >= 0.6 is 11.6 Å². The maximum atomic E-state index is 12.9. The second-order valence-corrected chi connectivity index (χ2v) is 8.62. The largest absolute Gasteiger partial charge is 0.378 e. The lowest BCUT2D eigenvalue weighted by molar-refractivity contribution is 0.0118. The van der Waals surface area contributed by atoms with Crippen LogP contribution in [-0.2, 0) is 11.3 Å². The van der Waals surface area contributed by atoms with Gasteiger partial charge >= 0.3 is 6.03 Å². The van der Waals surface area contributed by atoms with Crippen LogP contribution in [0.5, 0.6) is 0 Å². The number of carbonyl (C=O) groups is 1. The number of rotatable bonds is 6. The summed E-state index contributed by atoms with van der Waals surface area (Å²) < 4.78 is 7.87. The molecule has 2 fully saturated rings. The molecule has 2 aliphatic heterocycles. The molecule has 2 amide bonds. The Balaban J connectivity index is 1.40. The van der Waals surface area contributed by atoms with Gasteiger partial charge in [0, 0.05) is 24.7 Å². The third kappa shape index (κ3) is 4.95. The normalized spacial score (nSPS) is 21.7. The molecule has 2 atom stereocenters. The topological polar surface area (TPSA) is 72.3 Å². The second kappa shape index (κ2) is 9.79. The maximum absolute atomic E-state index is 12.9. The molecular weight excluding hydrogens is 402 g/mol. The number of halogens is 1. The average Bonchev–Trinajstić information content (AvgIpc) is 3.37. The van der Waals surface area contributed by atoms with Gasteiger partial charge in [0.1, 0.15) is 5.82 Å². The zero-order valence-electron chi connectivity index (χ0n) is 17.5. The van der Waals surface area contributed by atoms with E-state index in [0.717, 1.165) is 67.5 Å². The zero-order valence-corrected chi connectivity index (χ0v) is 18.3. The number of aryl methyl sites for hydroxylation is 1. The fraction of sp³-hybridized carbons (Fsp3) is 0.591. The van der Waals surface area contributed by atoms with Crippen molar-refractivity contribution in [3.05, 3.63) is 46.5 Å². The lowest BCUT2D eigenvalue weighted by Crippen LogP contribution is -2.41. The van der Waals surface area contributed by atoms with Crippen molar-refractivity contribution in [2.24, 2.45) is 0 Å². The van der Waals surface area contributed by atoms with Crippen molar-refractivity contribution < 1.29 is 9.53 Å². The Kier molecular flexibility index (Phi) is 6.89. The Morgan fingerprint density at radius 1 is 1.20 bits per heavy atom. The van der Waals surface area contributed by atoms with Gasteiger partial charge in [-0.1, -0.05) is 23.7 Å². The number of amides is 2. The Morgan fingerprint density at radius 3 is 2.80 bits per heavy atom. The first-order valence-corrected chi connectivity index (χ1v) is 11.3. The van der Waals surface area contributed by atoms with E-state index in [1.54, 1.807) is 0 Å². The molecule has 2 aliphatic rings. The molecule has 4 rings (SSSR count). The number of aromatic nitrogens is 3. The van der Waals surface area contributed by atoms with E-state index in [4.69, 9.17) is 16.3 Å². The fourth-order valence-electron chi connectivity index (χ4n) is 4.37. The van der Waals surface area contributed by atoms with E-state index in [9.17, 15) is 4.79 Å². The van der Waals surface area contributed by atoms with Gasteiger partial charge in [0.25, 0.3) is 0 Å². The first-order valence-electron chi connectivity index (χ1n) is 10.9. The molecule has 0 bridgehead atoms. The Morgan fingerprint density at radius 2 is 2.03 bits per heavy atom. The zero-order chi connectivity index (χ0) is 20.9. The third-order valence-electron chi connectivity index (χ3n) is 6.05. The lowest BCUT2D eigenvalue weighted by atomic mass is 10.1. The number of urea groups is 1. The molecule has 8 heteroatoms. The Bertz CT molecular complexity index is 848. The molecule has 1 aromatic heterocycles. The summed E-state index contributed by atoms with van der Waals surface area (Å²) >= 11 is 6.01. The summed E-state index contributed by atoms with van der Waals surface area (Å²) in [7, 11) is 0. The smallest absolute Gasteiger partial charge is 0.318 e. The van der Waals surface area contributed by atoms with Crippen LogP contribution in [0, 0.1) is 6.92 Å². The second-order valence-electron chi connectivity index (χ2n) is 8.18. The van der Waals surface area contributed by atoms with Gasteiger partial charge in [-0.15, -0.1) is 10.2 Å². The molecule has 7 nitrogen and oxygen atoms in total. The van der Waals surface area contributed by atoms with Crippen LogP contribution in [0.4, 0.5) is 4.79 Å². The predicted octanol–water partition coefficient (Wildman–Crippen LogP) is 4.09. The summed E-state index contributed by atoms with van der Waals surface area (Å²) in [4.78, 5) is 14.8. The van der Waals surface area contributed by atoms with Gasteiger partial charge in [-0.3, -0.25) is 0 Å². The monoisotopic (exact) mass is 431 g/mol. The molecule has 2 aromatic rings. The van der Waals surface area contributed by atoms with Gasteiger partial charge in [-0.25, -0.2) is 4.79 Å². The van der Waals surface area contributed by atoms with Crippen LogP contribution in [0.3, 0.4) is 0 Å². The van der Waals surface area contributed by atoms with Crippen LogP contribution in [0.25, 0.3) is 0 Å². The predicted molar refractivity (Wildman–Crippen MR) is 116 cm³/mol. The summed E-state index contributed by atoms with van der Waals surface area (Å²) in [6, 6.07) is 7.73. The number of nitrogens with one attached hydrogen (secondary N) is 1. The number of nitrogens with zero attached hydrogens (tertiary/aromatic N) is 4. The van der Waals surface area contributed by atoms with Crippen molar-refractivity contribution in [1.29, 1.82) is 0 Å². The number of ether oxygens (including phenoxy) is 1. The van der Waals surface area contributed by atoms with Crippen molar-refractivity contribution in [2.75, 3.05) is 19.7 Å². The summed E-state index contributed by atoms with van der Waals surface area (Å²) in [5, 5.41) is 12.6. The molecule has 1 aromatic carbocycles. The molecule has 0 spiro atoms. The molecule has 2 saturated heterocycles. The van der Waals surface area contributed by atoms with Crippen LogP contribution < -0.4 is 5.32 Å². The number of carbonyl (C=O) groups excluding carboxylic acids is 1. The third-order valence-corrected chi connectivity index (χ3v) is 6.30. The van der Waals surface area contributed by atoms with Gasteiger partial charge in [0.2, 0.25) is 0 Å². The minimum atomic E-state index is -0.0515. The molecule has 0 radical (unpaired) electrons. The highest BCUT2D eigenvalue weighted by molar-refractivity contribution is 6.30. The van der Waals surface area contributed by atoms with Crippen molar-refractivity contribution in [2.45, 2.75) is 64.1 Å².